The minimum Gasteiger partial charge on any atom is -0.323 e. The van der Waals surface area contributed by atoms with Gasteiger partial charge in [-0.25, -0.2) is 4.39 Å². The number of hydrogen-bond donors (Lipinski definition) is 2. The molecule has 0 aliphatic rings. The molecule has 0 radical (unpaired) electrons. The van der Waals surface area contributed by atoms with Crippen molar-refractivity contribution >= 4 is 17.7 Å². The number of rotatable bonds is 6. The summed E-state index contributed by atoms with van der Waals surface area (Å²) in [5.74, 6) is 0.0265. The molecule has 4 aromatic rings. The summed E-state index contributed by atoms with van der Waals surface area (Å²) in [6, 6.07) is 13.6. The molecule has 0 saturated heterocycles. The highest BCUT2D eigenvalue weighted by atomic mass is 19.1. The Morgan fingerprint density at radius 1 is 1.17 bits per heavy atom. The first-order chi connectivity index (χ1) is 14.6. The number of amides is 1. The number of nitrogens with zero attached hydrogens (tertiary/aromatic N) is 5. The summed E-state index contributed by atoms with van der Waals surface area (Å²) < 4.78 is 14.9. The predicted octanol–water partition coefficient (Wildman–Crippen LogP) is 2.98. The van der Waals surface area contributed by atoms with Gasteiger partial charge in [-0.3, -0.25) is 9.48 Å². The van der Waals surface area contributed by atoms with Crippen molar-refractivity contribution in [3.05, 3.63) is 83.6 Å². The molecule has 2 aromatic heterocycles. The molecule has 2 heterocycles. The van der Waals surface area contributed by atoms with Gasteiger partial charge in [-0.05, 0) is 48.0 Å². The van der Waals surface area contributed by atoms with Gasteiger partial charge in [0.25, 0.3) is 0 Å². The third kappa shape index (κ3) is 4.46. The molecule has 0 fully saturated rings. The van der Waals surface area contributed by atoms with E-state index in [1.807, 2.05) is 24.3 Å². The van der Waals surface area contributed by atoms with E-state index in [1.165, 1.54) is 18.2 Å². The lowest BCUT2D eigenvalue weighted by Crippen LogP contribution is -2.07. The van der Waals surface area contributed by atoms with Crippen LogP contribution in [-0.4, -0.2) is 36.3 Å². The number of tetrazole rings is 1. The van der Waals surface area contributed by atoms with Crippen molar-refractivity contribution in [3.8, 4) is 11.3 Å². The largest absolute Gasteiger partial charge is 0.323 e. The average molecular weight is 403 g/mol. The van der Waals surface area contributed by atoms with Crippen molar-refractivity contribution in [3.63, 3.8) is 0 Å². The summed E-state index contributed by atoms with van der Waals surface area (Å²) in [6.45, 7) is 0. The maximum absolute atomic E-state index is 13.2. The number of benzene rings is 2. The van der Waals surface area contributed by atoms with Crippen LogP contribution in [0.1, 0.15) is 17.0 Å². The van der Waals surface area contributed by atoms with Crippen LogP contribution in [0.5, 0.6) is 0 Å². The number of H-pyrrole nitrogens is 1. The Labute approximate surface area is 171 Å². The van der Waals surface area contributed by atoms with Crippen LogP contribution in [0.2, 0.25) is 0 Å². The van der Waals surface area contributed by atoms with Crippen LogP contribution in [0.15, 0.2) is 60.8 Å². The van der Waals surface area contributed by atoms with Crippen molar-refractivity contribution < 1.29 is 9.18 Å². The molecule has 2 N–H and O–H groups in total. The van der Waals surface area contributed by atoms with Crippen molar-refractivity contribution in [2.24, 2.45) is 7.05 Å². The Kier molecular flexibility index (Phi) is 5.42. The number of carbonyl (C=O) groups is 1. The highest BCUT2D eigenvalue weighted by molar-refractivity contribution is 6.02. The fourth-order valence-electron chi connectivity index (χ4n) is 3.03. The summed E-state index contributed by atoms with van der Waals surface area (Å²) in [7, 11) is 1.80. The van der Waals surface area contributed by atoms with Crippen LogP contribution in [0.3, 0.4) is 0 Å². The third-order valence-electron chi connectivity index (χ3n) is 4.47. The standard InChI is InChI=1S/C21H18FN7O/c1-29-21(15-4-7-17(22)8-5-15)16(13-23-29)6-11-20(30)24-18-9-2-14(3-10-18)12-19-25-27-28-26-19/h2-11,13H,12H2,1H3,(H,24,30)(H,25,26,27,28)/b11-6+. The molecule has 4 rings (SSSR count). The fraction of sp³-hybridized carbons (Fsp3) is 0.0952. The zero-order valence-corrected chi connectivity index (χ0v) is 16.1. The second kappa shape index (κ2) is 8.48. The van der Waals surface area contributed by atoms with E-state index in [-0.39, 0.29) is 11.7 Å². The van der Waals surface area contributed by atoms with Crippen molar-refractivity contribution in [2.75, 3.05) is 5.32 Å². The SMILES string of the molecule is Cn1ncc(/C=C/C(=O)Nc2ccc(Cc3nn[nH]n3)cc2)c1-c1ccc(F)cc1. The average Bonchev–Trinajstić information content (AvgIpc) is 3.38. The number of carbonyl (C=O) groups excluding carboxylic acids is 1. The van der Waals surface area contributed by atoms with Gasteiger partial charge in [-0.15, -0.1) is 10.2 Å². The van der Waals surface area contributed by atoms with Crippen LogP contribution >= 0.6 is 0 Å². The summed E-state index contributed by atoms with van der Waals surface area (Å²) in [4.78, 5) is 12.3. The molecule has 2 aromatic carbocycles. The topological polar surface area (TPSA) is 101 Å². The molecule has 30 heavy (non-hydrogen) atoms. The first kappa shape index (κ1) is 19.2. The lowest BCUT2D eigenvalue weighted by molar-refractivity contribution is -0.111. The fourth-order valence-corrected chi connectivity index (χ4v) is 3.03. The van der Waals surface area contributed by atoms with Crippen LogP contribution in [0, 0.1) is 5.82 Å². The molecule has 8 nitrogen and oxygen atoms in total. The molecule has 0 aliphatic carbocycles. The normalized spacial score (nSPS) is 11.1. The maximum atomic E-state index is 13.2. The van der Waals surface area contributed by atoms with E-state index in [9.17, 15) is 9.18 Å². The molecule has 0 unspecified atom stereocenters. The Balaban J connectivity index is 1.42. The summed E-state index contributed by atoms with van der Waals surface area (Å²) in [5, 5.41) is 20.8. The van der Waals surface area contributed by atoms with Crippen LogP contribution in [0.4, 0.5) is 10.1 Å². The number of anilines is 1. The van der Waals surface area contributed by atoms with Gasteiger partial charge in [-0.2, -0.15) is 10.3 Å². The van der Waals surface area contributed by atoms with E-state index in [1.54, 1.807) is 36.1 Å². The van der Waals surface area contributed by atoms with Crippen LogP contribution < -0.4 is 5.32 Å². The van der Waals surface area contributed by atoms with Gasteiger partial charge >= 0.3 is 0 Å². The molecule has 0 saturated carbocycles. The smallest absolute Gasteiger partial charge is 0.248 e. The zero-order chi connectivity index (χ0) is 20.9. The monoisotopic (exact) mass is 403 g/mol. The first-order valence-corrected chi connectivity index (χ1v) is 9.17. The van der Waals surface area contributed by atoms with Gasteiger partial charge in [0.15, 0.2) is 5.82 Å². The second-order valence-electron chi connectivity index (χ2n) is 6.60. The van der Waals surface area contributed by atoms with Crippen LogP contribution in [0.25, 0.3) is 17.3 Å². The van der Waals surface area contributed by atoms with Gasteiger partial charge < -0.3 is 5.32 Å². The van der Waals surface area contributed by atoms with E-state index in [0.717, 1.165) is 22.4 Å². The van der Waals surface area contributed by atoms with E-state index in [4.69, 9.17) is 0 Å². The molecule has 0 spiro atoms. The third-order valence-corrected chi connectivity index (χ3v) is 4.47. The number of aromatic nitrogens is 6. The molecule has 0 aliphatic heterocycles. The van der Waals surface area contributed by atoms with E-state index >= 15 is 0 Å². The van der Waals surface area contributed by atoms with Gasteiger partial charge in [0.2, 0.25) is 5.91 Å². The number of nitrogens with one attached hydrogen (secondary N) is 2. The Bertz CT molecular complexity index is 1160. The summed E-state index contributed by atoms with van der Waals surface area (Å²) >= 11 is 0. The quantitative estimate of drug-likeness (QED) is 0.482. The Morgan fingerprint density at radius 2 is 1.93 bits per heavy atom. The zero-order valence-electron chi connectivity index (χ0n) is 16.1. The van der Waals surface area contributed by atoms with Crippen molar-refractivity contribution in [1.82, 2.24) is 30.4 Å². The molecule has 150 valence electrons. The highest BCUT2D eigenvalue weighted by Crippen LogP contribution is 2.24. The lowest BCUT2D eigenvalue weighted by Gasteiger charge is -2.05. The molecule has 0 bridgehead atoms. The number of hydrogen-bond acceptors (Lipinski definition) is 5. The first-order valence-electron chi connectivity index (χ1n) is 9.17. The summed E-state index contributed by atoms with van der Waals surface area (Å²) in [5.41, 5.74) is 4.05. The van der Waals surface area contributed by atoms with Crippen LogP contribution in [-0.2, 0) is 18.3 Å². The maximum Gasteiger partial charge on any atom is 0.248 e. The number of aromatic amines is 1. The van der Waals surface area contributed by atoms with Gasteiger partial charge in [-0.1, -0.05) is 17.3 Å². The van der Waals surface area contributed by atoms with Crippen molar-refractivity contribution in [2.45, 2.75) is 6.42 Å². The van der Waals surface area contributed by atoms with E-state index in [2.05, 4.69) is 31.0 Å². The summed E-state index contributed by atoms with van der Waals surface area (Å²) in [6.07, 6.45) is 5.34. The minimum atomic E-state index is -0.305. The minimum absolute atomic E-state index is 0.269. The number of halogens is 1. The highest BCUT2D eigenvalue weighted by Gasteiger charge is 2.09. The molecule has 9 heteroatoms. The Morgan fingerprint density at radius 3 is 2.63 bits per heavy atom. The molecular weight excluding hydrogens is 385 g/mol. The molecule has 0 atom stereocenters. The second-order valence-corrected chi connectivity index (χ2v) is 6.60. The Hall–Kier alpha value is -4.14. The van der Waals surface area contributed by atoms with E-state index < -0.39 is 0 Å². The van der Waals surface area contributed by atoms with Gasteiger partial charge in [0.05, 0.1) is 11.9 Å². The number of aryl methyl sites for hydroxylation is 1. The van der Waals surface area contributed by atoms with E-state index in [0.29, 0.717) is 17.9 Å². The van der Waals surface area contributed by atoms with Gasteiger partial charge in [0.1, 0.15) is 5.82 Å². The molecule has 1 amide bonds. The van der Waals surface area contributed by atoms with Crippen molar-refractivity contribution in [1.29, 1.82) is 0 Å². The molecular formula is C21H18FN7O. The predicted molar refractivity (Wildman–Crippen MR) is 110 cm³/mol. The lowest BCUT2D eigenvalue weighted by atomic mass is 10.1. The van der Waals surface area contributed by atoms with Gasteiger partial charge in [0, 0.05) is 36.4 Å².